The van der Waals surface area contributed by atoms with Crippen molar-refractivity contribution in [1.29, 1.82) is 0 Å². The largest absolute Gasteiger partial charge is 0.481 e. The highest BCUT2D eigenvalue weighted by atomic mass is 79.9. The Hall–Kier alpha value is -0.660. The highest BCUT2D eigenvalue weighted by Crippen LogP contribution is 2.29. The van der Waals surface area contributed by atoms with Crippen LogP contribution in [0.4, 0.5) is 0 Å². The van der Waals surface area contributed by atoms with Crippen molar-refractivity contribution in [1.82, 2.24) is 5.32 Å². The minimum Gasteiger partial charge on any atom is -0.481 e. The van der Waals surface area contributed by atoms with Gasteiger partial charge >= 0.3 is 5.97 Å². The molecule has 5 atom stereocenters. The Kier molecular flexibility index (Phi) is 7.30. The van der Waals surface area contributed by atoms with Crippen LogP contribution in [-0.2, 0) is 19.1 Å². The Labute approximate surface area is 145 Å². The number of carbonyl (C=O) groups excluding carboxylic acids is 1. The van der Waals surface area contributed by atoms with Gasteiger partial charge in [0.1, 0.15) is 6.61 Å². The van der Waals surface area contributed by atoms with Crippen molar-refractivity contribution in [2.75, 3.05) is 13.7 Å². The summed E-state index contributed by atoms with van der Waals surface area (Å²) < 4.78 is 11.1. The van der Waals surface area contributed by atoms with Crippen molar-refractivity contribution >= 4 is 27.8 Å². The number of hydrogen-bond acceptors (Lipinski definition) is 4. The van der Waals surface area contributed by atoms with Gasteiger partial charge in [-0.25, -0.2) is 0 Å². The molecule has 2 fully saturated rings. The standard InChI is InChI=1S/C16H26BrNO5/c1-22-13-4-2-3-5-14(13)23-9-15(19)18-12-7-6-10(17)8-11(12)16(20)21/h10-14H,2-9H2,1H3,(H,18,19)(H,20,21). The number of carboxylic acid groups (broad SMARTS) is 1. The number of ether oxygens (including phenoxy) is 2. The fraction of sp³-hybridized carbons (Fsp3) is 0.875. The fourth-order valence-electron chi connectivity index (χ4n) is 3.52. The van der Waals surface area contributed by atoms with Crippen LogP contribution in [0, 0.1) is 5.92 Å². The molecule has 6 nitrogen and oxygen atoms in total. The average molecular weight is 392 g/mol. The summed E-state index contributed by atoms with van der Waals surface area (Å²) in [7, 11) is 1.67. The van der Waals surface area contributed by atoms with Crippen LogP contribution in [0.3, 0.4) is 0 Å². The first-order valence-corrected chi connectivity index (χ1v) is 9.23. The molecule has 1 amide bonds. The molecule has 132 valence electrons. The summed E-state index contributed by atoms with van der Waals surface area (Å²) >= 11 is 3.47. The third-order valence-corrected chi connectivity index (χ3v) is 5.65. The Balaban J connectivity index is 1.80. The van der Waals surface area contributed by atoms with Gasteiger partial charge in [-0.15, -0.1) is 0 Å². The Morgan fingerprint density at radius 1 is 1.17 bits per heavy atom. The predicted molar refractivity (Wildman–Crippen MR) is 88.6 cm³/mol. The molecule has 0 aromatic carbocycles. The van der Waals surface area contributed by atoms with Gasteiger partial charge < -0.3 is 19.9 Å². The number of alkyl halides is 1. The van der Waals surface area contributed by atoms with E-state index in [4.69, 9.17) is 9.47 Å². The number of hydrogen-bond donors (Lipinski definition) is 2. The van der Waals surface area contributed by atoms with Gasteiger partial charge in [-0.1, -0.05) is 28.8 Å². The highest BCUT2D eigenvalue weighted by molar-refractivity contribution is 9.09. The molecule has 0 aromatic rings. The van der Waals surface area contributed by atoms with Crippen molar-refractivity contribution in [2.45, 2.75) is 68.0 Å². The van der Waals surface area contributed by atoms with Gasteiger partial charge in [-0.3, -0.25) is 9.59 Å². The van der Waals surface area contributed by atoms with Crippen molar-refractivity contribution in [3.05, 3.63) is 0 Å². The van der Waals surface area contributed by atoms with Crippen LogP contribution in [0.15, 0.2) is 0 Å². The highest BCUT2D eigenvalue weighted by Gasteiger charge is 2.35. The second-order valence-corrected chi connectivity index (χ2v) is 7.73. The molecule has 0 radical (unpaired) electrons. The zero-order valence-electron chi connectivity index (χ0n) is 13.5. The fourth-order valence-corrected chi connectivity index (χ4v) is 4.19. The van der Waals surface area contributed by atoms with E-state index in [-0.39, 0.29) is 35.6 Å². The SMILES string of the molecule is COC1CCCCC1OCC(=O)NC1CCC(Br)CC1C(=O)O. The van der Waals surface area contributed by atoms with Gasteiger partial charge in [0.15, 0.2) is 0 Å². The summed E-state index contributed by atoms with van der Waals surface area (Å²) in [4.78, 5) is 23.7. The summed E-state index contributed by atoms with van der Waals surface area (Å²) in [6.45, 7) is -0.0366. The molecular weight excluding hydrogens is 366 g/mol. The van der Waals surface area contributed by atoms with Crippen molar-refractivity contribution in [3.8, 4) is 0 Å². The second-order valence-electron chi connectivity index (χ2n) is 6.44. The lowest BCUT2D eigenvalue weighted by molar-refractivity contribution is -0.144. The molecule has 0 bridgehead atoms. The molecule has 0 heterocycles. The molecule has 2 aliphatic carbocycles. The molecule has 0 saturated heterocycles. The molecule has 7 heteroatoms. The van der Waals surface area contributed by atoms with Crippen LogP contribution in [0.5, 0.6) is 0 Å². The molecule has 2 saturated carbocycles. The van der Waals surface area contributed by atoms with Crippen LogP contribution in [0.1, 0.15) is 44.9 Å². The van der Waals surface area contributed by atoms with Gasteiger partial charge in [0.2, 0.25) is 5.91 Å². The number of carboxylic acids is 1. The quantitative estimate of drug-likeness (QED) is 0.677. The number of methoxy groups -OCH3 is 1. The van der Waals surface area contributed by atoms with E-state index in [9.17, 15) is 14.7 Å². The molecule has 5 unspecified atom stereocenters. The molecule has 23 heavy (non-hydrogen) atoms. The molecule has 2 rings (SSSR count). The molecule has 0 aliphatic heterocycles. The van der Waals surface area contributed by atoms with E-state index < -0.39 is 11.9 Å². The Morgan fingerprint density at radius 3 is 2.52 bits per heavy atom. The number of rotatable bonds is 6. The van der Waals surface area contributed by atoms with Crippen molar-refractivity contribution < 1.29 is 24.2 Å². The van der Waals surface area contributed by atoms with Gasteiger partial charge in [0, 0.05) is 18.0 Å². The number of aliphatic carboxylic acids is 1. The lowest BCUT2D eigenvalue weighted by Crippen LogP contribution is -2.48. The maximum atomic E-state index is 12.1. The molecule has 2 N–H and O–H groups in total. The molecule has 2 aliphatic rings. The van der Waals surface area contributed by atoms with Crippen LogP contribution in [0.25, 0.3) is 0 Å². The maximum absolute atomic E-state index is 12.1. The number of nitrogens with one attached hydrogen (secondary N) is 1. The summed E-state index contributed by atoms with van der Waals surface area (Å²) in [5.74, 6) is -1.64. The van der Waals surface area contributed by atoms with E-state index in [0.717, 1.165) is 32.1 Å². The van der Waals surface area contributed by atoms with Crippen LogP contribution in [0.2, 0.25) is 0 Å². The average Bonchev–Trinajstić information content (AvgIpc) is 2.54. The third kappa shape index (κ3) is 5.43. The van der Waals surface area contributed by atoms with Crippen molar-refractivity contribution in [3.63, 3.8) is 0 Å². The zero-order chi connectivity index (χ0) is 16.8. The van der Waals surface area contributed by atoms with Gasteiger partial charge in [-0.05, 0) is 32.1 Å². The second kappa shape index (κ2) is 8.99. The van der Waals surface area contributed by atoms with E-state index in [1.54, 1.807) is 7.11 Å². The molecule has 0 spiro atoms. The van der Waals surface area contributed by atoms with E-state index in [1.165, 1.54) is 0 Å². The number of carbonyl (C=O) groups is 2. The van der Waals surface area contributed by atoms with E-state index in [0.29, 0.717) is 12.8 Å². The van der Waals surface area contributed by atoms with Gasteiger partial charge in [0.05, 0.1) is 18.1 Å². The summed E-state index contributed by atoms with van der Waals surface area (Å²) in [6, 6.07) is -0.318. The van der Waals surface area contributed by atoms with E-state index >= 15 is 0 Å². The lowest BCUT2D eigenvalue weighted by atomic mass is 9.84. The first-order valence-electron chi connectivity index (χ1n) is 8.32. The third-order valence-electron chi connectivity index (χ3n) is 4.82. The van der Waals surface area contributed by atoms with Crippen LogP contribution >= 0.6 is 15.9 Å². The first kappa shape index (κ1) is 18.7. The molecular formula is C16H26BrNO5. The van der Waals surface area contributed by atoms with Gasteiger partial charge in [0.25, 0.3) is 0 Å². The topological polar surface area (TPSA) is 84.9 Å². The predicted octanol–water partition coefficient (Wildman–Crippen LogP) is 2.09. The minimum absolute atomic E-state index is 0.0366. The Morgan fingerprint density at radius 2 is 1.87 bits per heavy atom. The smallest absolute Gasteiger partial charge is 0.308 e. The molecule has 0 aromatic heterocycles. The first-order chi connectivity index (χ1) is 11.0. The monoisotopic (exact) mass is 391 g/mol. The normalized spacial score (nSPS) is 34.8. The van der Waals surface area contributed by atoms with E-state index in [1.807, 2.05) is 0 Å². The minimum atomic E-state index is -0.855. The number of halogens is 1. The Bertz CT molecular complexity index is 419. The summed E-state index contributed by atoms with van der Waals surface area (Å²) in [5.41, 5.74) is 0. The summed E-state index contributed by atoms with van der Waals surface area (Å²) in [6.07, 6.45) is 6.14. The van der Waals surface area contributed by atoms with Crippen LogP contribution in [-0.4, -0.2) is 53.8 Å². The lowest BCUT2D eigenvalue weighted by Gasteiger charge is -2.33. The number of amides is 1. The zero-order valence-corrected chi connectivity index (χ0v) is 15.1. The van der Waals surface area contributed by atoms with Crippen molar-refractivity contribution in [2.24, 2.45) is 5.92 Å². The van der Waals surface area contributed by atoms with Gasteiger partial charge in [-0.2, -0.15) is 0 Å². The van der Waals surface area contributed by atoms with E-state index in [2.05, 4.69) is 21.2 Å². The van der Waals surface area contributed by atoms with Crippen LogP contribution < -0.4 is 5.32 Å². The summed E-state index contributed by atoms with van der Waals surface area (Å²) in [5, 5.41) is 12.2. The maximum Gasteiger partial charge on any atom is 0.308 e.